The van der Waals surface area contributed by atoms with E-state index in [9.17, 15) is 9.90 Å². The lowest BCUT2D eigenvalue weighted by atomic mass is 10.3. The standard InChI is InChI=1S/C15H25N5O3/c1-18(7-8-23-2)12-15(22)20-6-5-19(10-13(21)11-20)14-9-16-3-4-17-14/h3-4,9,13,21H,5-8,10-12H2,1-2H3/t13-/m0/s1. The molecule has 1 saturated heterocycles. The molecule has 1 amide bonds. The van der Waals surface area contributed by atoms with E-state index in [1.807, 2.05) is 16.8 Å². The van der Waals surface area contributed by atoms with Crippen molar-refractivity contribution >= 4 is 11.7 Å². The Morgan fingerprint density at radius 3 is 2.96 bits per heavy atom. The summed E-state index contributed by atoms with van der Waals surface area (Å²) in [6.45, 7) is 3.59. The summed E-state index contributed by atoms with van der Waals surface area (Å²) in [6.07, 6.45) is 4.31. The zero-order valence-electron chi connectivity index (χ0n) is 13.8. The van der Waals surface area contributed by atoms with Crippen LogP contribution in [0.3, 0.4) is 0 Å². The fourth-order valence-corrected chi connectivity index (χ4v) is 2.54. The van der Waals surface area contributed by atoms with Gasteiger partial charge in [-0.05, 0) is 7.05 Å². The molecular formula is C15H25N5O3. The van der Waals surface area contributed by atoms with Gasteiger partial charge in [0.25, 0.3) is 0 Å². The number of β-amino-alcohol motifs (C(OH)–C–C–N with tert-alkyl or cyclic N) is 1. The van der Waals surface area contributed by atoms with E-state index in [0.29, 0.717) is 45.9 Å². The fourth-order valence-electron chi connectivity index (χ4n) is 2.54. The number of anilines is 1. The maximum absolute atomic E-state index is 12.4. The fraction of sp³-hybridized carbons (Fsp3) is 0.667. The first-order valence-corrected chi connectivity index (χ1v) is 7.74. The minimum absolute atomic E-state index is 0.0173. The predicted octanol–water partition coefficient (Wildman–Crippen LogP) is -0.936. The quantitative estimate of drug-likeness (QED) is 0.724. The molecule has 128 valence electrons. The van der Waals surface area contributed by atoms with E-state index >= 15 is 0 Å². The lowest BCUT2D eigenvalue weighted by molar-refractivity contribution is -0.133. The molecule has 8 nitrogen and oxygen atoms in total. The topological polar surface area (TPSA) is 82.0 Å². The number of hydrogen-bond acceptors (Lipinski definition) is 7. The van der Waals surface area contributed by atoms with Gasteiger partial charge in [0.15, 0.2) is 0 Å². The van der Waals surface area contributed by atoms with Crippen molar-refractivity contribution in [3.05, 3.63) is 18.6 Å². The number of likely N-dealkylation sites (N-methyl/N-ethyl adjacent to an activating group) is 1. The lowest BCUT2D eigenvalue weighted by Gasteiger charge is -2.24. The molecular weight excluding hydrogens is 298 g/mol. The number of methoxy groups -OCH3 is 1. The number of rotatable bonds is 6. The molecule has 2 rings (SSSR count). The number of nitrogens with zero attached hydrogens (tertiary/aromatic N) is 5. The second-order valence-electron chi connectivity index (χ2n) is 5.73. The predicted molar refractivity (Wildman–Crippen MR) is 86.2 cm³/mol. The Kier molecular flexibility index (Phi) is 6.69. The molecule has 0 spiro atoms. The molecule has 1 fully saturated rings. The first-order chi connectivity index (χ1) is 11.1. The highest BCUT2D eigenvalue weighted by molar-refractivity contribution is 5.78. The van der Waals surface area contributed by atoms with Gasteiger partial charge >= 0.3 is 0 Å². The average Bonchev–Trinajstić information content (AvgIpc) is 2.75. The maximum Gasteiger partial charge on any atom is 0.236 e. The van der Waals surface area contributed by atoms with Crippen molar-refractivity contribution in [1.29, 1.82) is 0 Å². The summed E-state index contributed by atoms with van der Waals surface area (Å²) in [7, 11) is 3.53. The molecule has 1 aliphatic rings. The second-order valence-corrected chi connectivity index (χ2v) is 5.73. The molecule has 0 aliphatic carbocycles. The number of aromatic nitrogens is 2. The Hall–Kier alpha value is -1.77. The Morgan fingerprint density at radius 2 is 2.26 bits per heavy atom. The summed E-state index contributed by atoms with van der Waals surface area (Å²) >= 11 is 0. The number of hydrogen-bond donors (Lipinski definition) is 1. The van der Waals surface area contributed by atoms with Gasteiger partial charge in [-0.2, -0.15) is 0 Å². The van der Waals surface area contributed by atoms with Crippen LogP contribution in [0.25, 0.3) is 0 Å². The molecule has 0 unspecified atom stereocenters. The molecule has 23 heavy (non-hydrogen) atoms. The van der Waals surface area contributed by atoms with Gasteiger partial charge in [-0.1, -0.05) is 0 Å². The van der Waals surface area contributed by atoms with Crippen LogP contribution in [-0.2, 0) is 9.53 Å². The Labute approximate surface area is 136 Å². The van der Waals surface area contributed by atoms with Crippen molar-refractivity contribution in [1.82, 2.24) is 19.8 Å². The van der Waals surface area contributed by atoms with Crippen LogP contribution in [0.15, 0.2) is 18.6 Å². The molecule has 1 aromatic rings. The molecule has 0 bridgehead atoms. The molecule has 2 heterocycles. The third kappa shape index (κ3) is 5.42. The van der Waals surface area contributed by atoms with E-state index in [4.69, 9.17) is 4.74 Å². The number of carbonyl (C=O) groups is 1. The van der Waals surface area contributed by atoms with Crippen LogP contribution < -0.4 is 4.90 Å². The smallest absolute Gasteiger partial charge is 0.236 e. The zero-order chi connectivity index (χ0) is 16.7. The third-order valence-electron chi connectivity index (χ3n) is 3.81. The maximum atomic E-state index is 12.4. The first kappa shape index (κ1) is 17.6. The van der Waals surface area contributed by atoms with Crippen molar-refractivity contribution in [2.75, 3.05) is 64.9 Å². The van der Waals surface area contributed by atoms with E-state index in [1.165, 1.54) is 0 Å². The van der Waals surface area contributed by atoms with Crippen LogP contribution in [0, 0.1) is 0 Å². The number of aliphatic hydroxyl groups is 1. The first-order valence-electron chi connectivity index (χ1n) is 7.74. The number of aliphatic hydroxyl groups excluding tert-OH is 1. The molecule has 1 aliphatic heterocycles. The summed E-state index contributed by atoms with van der Waals surface area (Å²) in [4.78, 5) is 26.3. The summed E-state index contributed by atoms with van der Waals surface area (Å²) in [5.74, 6) is 0.738. The van der Waals surface area contributed by atoms with Crippen LogP contribution >= 0.6 is 0 Å². The summed E-state index contributed by atoms with van der Waals surface area (Å²) < 4.78 is 5.01. The average molecular weight is 323 g/mol. The normalized spacial score (nSPS) is 19.0. The Morgan fingerprint density at radius 1 is 1.43 bits per heavy atom. The van der Waals surface area contributed by atoms with E-state index in [0.717, 1.165) is 5.82 Å². The van der Waals surface area contributed by atoms with Gasteiger partial charge in [0, 0.05) is 52.2 Å². The van der Waals surface area contributed by atoms with Crippen molar-refractivity contribution in [2.24, 2.45) is 0 Å². The van der Waals surface area contributed by atoms with Gasteiger partial charge < -0.3 is 19.6 Å². The van der Waals surface area contributed by atoms with Crippen molar-refractivity contribution in [2.45, 2.75) is 6.10 Å². The number of amides is 1. The van der Waals surface area contributed by atoms with Gasteiger partial charge in [0.2, 0.25) is 5.91 Å². The van der Waals surface area contributed by atoms with Gasteiger partial charge in [-0.15, -0.1) is 0 Å². The van der Waals surface area contributed by atoms with Crippen LogP contribution in [0.5, 0.6) is 0 Å². The lowest BCUT2D eigenvalue weighted by Crippen LogP contribution is -2.43. The van der Waals surface area contributed by atoms with Crippen LogP contribution in [-0.4, -0.2) is 96.9 Å². The minimum Gasteiger partial charge on any atom is -0.389 e. The monoisotopic (exact) mass is 323 g/mol. The largest absolute Gasteiger partial charge is 0.389 e. The molecule has 0 radical (unpaired) electrons. The minimum atomic E-state index is -0.604. The number of ether oxygens (including phenoxy) is 1. The summed E-state index contributed by atoms with van der Waals surface area (Å²) in [5.41, 5.74) is 0. The summed E-state index contributed by atoms with van der Waals surface area (Å²) in [6, 6.07) is 0. The van der Waals surface area contributed by atoms with Gasteiger partial charge in [-0.25, -0.2) is 4.98 Å². The highest BCUT2D eigenvalue weighted by atomic mass is 16.5. The number of carbonyl (C=O) groups excluding carboxylic acids is 1. The second kappa shape index (κ2) is 8.76. The van der Waals surface area contributed by atoms with Crippen molar-refractivity contribution in [3.63, 3.8) is 0 Å². The van der Waals surface area contributed by atoms with Gasteiger partial charge in [0.05, 0.1) is 25.5 Å². The molecule has 8 heteroatoms. The Bertz CT molecular complexity index is 487. The van der Waals surface area contributed by atoms with Crippen LogP contribution in [0.2, 0.25) is 0 Å². The van der Waals surface area contributed by atoms with Crippen molar-refractivity contribution in [3.8, 4) is 0 Å². The molecule has 1 atom stereocenters. The van der Waals surface area contributed by atoms with E-state index in [1.54, 1.807) is 30.6 Å². The highest BCUT2D eigenvalue weighted by Gasteiger charge is 2.25. The molecule has 1 aromatic heterocycles. The molecule has 0 aromatic carbocycles. The Balaban J connectivity index is 1.91. The van der Waals surface area contributed by atoms with Gasteiger partial charge in [-0.3, -0.25) is 14.7 Å². The molecule has 1 N–H and O–H groups in total. The van der Waals surface area contributed by atoms with Crippen LogP contribution in [0.4, 0.5) is 5.82 Å². The van der Waals surface area contributed by atoms with E-state index < -0.39 is 6.10 Å². The molecule has 0 saturated carbocycles. The van der Waals surface area contributed by atoms with Gasteiger partial charge in [0.1, 0.15) is 5.82 Å². The van der Waals surface area contributed by atoms with Crippen molar-refractivity contribution < 1.29 is 14.6 Å². The zero-order valence-corrected chi connectivity index (χ0v) is 13.8. The highest BCUT2D eigenvalue weighted by Crippen LogP contribution is 2.12. The van der Waals surface area contributed by atoms with Crippen LogP contribution in [0.1, 0.15) is 0 Å². The van der Waals surface area contributed by atoms with E-state index in [-0.39, 0.29) is 5.91 Å². The summed E-state index contributed by atoms with van der Waals surface area (Å²) in [5, 5.41) is 10.2. The SMILES string of the molecule is COCCN(C)CC(=O)N1CCN(c2cnccn2)C[C@H](O)C1. The van der Waals surface area contributed by atoms with E-state index in [2.05, 4.69) is 9.97 Å². The third-order valence-corrected chi connectivity index (χ3v) is 3.81.